The SMILES string of the molecule is CC(C)(N)CCn1cncn1. The summed E-state index contributed by atoms with van der Waals surface area (Å²) >= 11 is 0. The lowest BCUT2D eigenvalue weighted by Crippen LogP contribution is -2.33. The van der Waals surface area contributed by atoms with Gasteiger partial charge in [-0.15, -0.1) is 0 Å². The summed E-state index contributed by atoms with van der Waals surface area (Å²) in [5.41, 5.74) is 5.67. The Kier molecular flexibility index (Phi) is 2.24. The maximum absolute atomic E-state index is 5.79. The molecule has 0 saturated carbocycles. The number of nitrogens with zero attached hydrogens (tertiary/aromatic N) is 3. The van der Waals surface area contributed by atoms with E-state index in [0.717, 1.165) is 13.0 Å². The molecule has 1 aromatic rings. The molecule has 4 nitrogen and oxygen atoms in total. The lowest BCUT2D eigenvalue weighted by molar-refractivity contribution is 0.420. The van der Waals surface area contributed by atoms with Crippen LogP contribution in [0.25, 0.3) is 0 Å². The molecule has 2 N–H and O–H groups in total. The van der Waals surface area contributed by atoms with Crippen molar-refractivity contribution < 1.29 is 0 Å². The Morgan fingerprint density at radius 2 is 2.27 bits per heavy atom. The average molecular weight is 154 g/mol. The third-order valence-electron chi connectivity index (χ3n) is 1.45. The molecule has 0 saturated heterocycles. The highest BCUT2D eigenvalue weighted by molar-refractivity contribution is 4.71. The molecule has 0 bridgehead atoms. The molecule has 0 aliphatic carbocycles. The first kappa shape index (κ1) is 8.20. The summed E-state index contributed by atoms with van der Waals surface area (Å²) in [5, 5.41) is 3.97. The van der Waals surface area contributed by atoms with Gasteiger partial charge in [0.25, 0.3) is 0 Å². The highest BCUT2D eigenvalue weighted by Crippen LogP contribution is 2.04. The molecule has 0 aliphatic heterocycles. The van der Waals surface area contributed by atoms with Gasteiger partial charge in [-0.05, 0) is 20.3 Å². The second-order valence-electron chi connectivity index (χ2n) is 3.40. The van der Waals surface area contributed by atoms with E-state index < -0.39 is 0 Å². The van der Waals surface area contributed by atoms with Crippen LogP contribution in [-0.2, 0) is 6.54 Å². The van der Waals surface area contributed by atoms with Crippen molar-refractivity contribution in [2.45, 2.75) is 32.4 Å². The topological polar surface area (TPSA) is 56.7 Å². The Morgan fingerprint density at radius 3 is 2.73 bits per heavy atom. The average Bonchev–Trinajstić information content (AvgIpc) is 2.32. The van der Waals surface area contributed by atoms with Gasteiger partial charge in [-0.1, -0.05) is 0 Å². The number of hydrogen-bond donors (Lipinski definition) is 1. The molecular weight excluding hydrogens is 140 g/mol. The predicted octanol–water partition coefficient (Wildman–Crippen LogP) is 0.405. The van der Waals surface area contributed by atoms with Gasteiger partial charge in [0.15, 0.2) is 0 Å². The van der Waals surface area contributed by atoms with Gasteiger partial charge in [0.1, 0.15) is 12.7 Å². The van der Waals surface area contributed by atoms with Crippen molar-refractivity contribution in [1.29, 1.82) is 0 Å². The van der Waals surface area contributed by atoms with Crippen LogP contribution in [0.4, 0.5) is 0 Å². The van der Waals surface area contributed by atoms with E-state index in [9.17, 15) is 0 Å². The second-order valence-corrected chi connectivity index (χ2v) is 3.40. The van der Waals surface area contributed by atoms with E-state index in [4.69, 9.17) is 5.73 Å². The van der Waals surface area contributed by atoms with E-state index in [1.165, 1.54) is 6.33 Å². The first-order chi connectivity index (χ1) is 5.08. The third-order valence-corrected chi connectivity index (χ3v) is 1.45. The number of nitrogens with two attached hydrogens (primary N) is 1. The third kappa shape index (κ3) is 3.13. The Balaban J connectivity index is 2.35. The summed E-state index contributed by atoms with van der Waals surface area (Å²) in [6.07, 6.45) is 4.14. The van der Waals surface area contributed by atoms with E-state index in [-0.39, 0.29) is 5.54 Å². The van der Waals surface area contributed by atoms with Crippen molar-refractivity contribution in [3.05, 3.63) is 12.7 Å². The molecule has 1 aromatic heterocycles. The molecule has 0 aliphatic rings. The van der Waals surface area contributed by atoms with Gasteiger partial charge < -0.3 is 5.73 Å². The zero-order chi connectivity index (χ0) is 8.32. The smallest absolute Gasteiger partial charge is 0.137 e. The summed E-state index contributed by atoms with van der Waals surface area (Å²) in [5.74, 6) is 0. The molecule has 62 valence electrons. The molecule has 0 amide bonds. The summed E-state index contributed by atoms with van der Waals surface area (Å²) in [6.45, 7) is 4.84. The molecular formula is C7H14N4. The van der Waals surface area contributed by atoms with Crippen molar-refractivity contribution in [3.63, 3.8) is 0 Å². The molecule has 0 spiro atoms. The molecule has 0 unspecified atom stereocenters. The quantitative estimate of drug-likeness (QED) is 0.685. The van der Waals surface area contributed by atoms with Crippen LogP contribution in [0, 0.1) is 0 Å². The number of aryl methyl sites for hydroxylation is 1. The highest BCUT2D eigenvalue weighted by Gasteiger charge is 2.09. The monoisotopic (exact) mass is 154 g/mol. The lowest BCUT2D eigenvalue weighted by Gasteiger charge is -2.17. The van der Waals surface area contributed by atoms with Crippen molar-refractivity contribution in [2.24, 2.45) is 5.73 Å². The summed E-state index contributed by atoms with van der Waals surface area (Å²) in [4.78, 5) is 3.83. The van der Waals surface area contributed by atoms with Gasteiger partial charge in [0.05, 0.1) is 0 Å². The molecule has 11 heavy (non-hydrogen) atoms. The van der Waals surface area contributed by atoms with Gasteiger partial charge >= 0.3 is 0 Å². The maximum atomic E-state index is 5.79. The summed E-state index contributed by atoms with van der Waals surface area (Å²) in [7, 11) is 0. The van der Waals surface area contributed by atoms with E-state index in [1.54, 1.807) is 11.0 Å². The standard InChI is InChI=1S/C7H14N4/c1-7(2,8)3-4-11-6-9-5-10-11/h5-6H,3-4,8H2,1-2H3. The van der Waals surface area contributed by atoms with Crippen LogP contribution in [0.5, 0.6) is 0 Å². The van der Waals surface area contributed by atoms with Crippen LogP contribution in [0.15, 0.2) is 12.7 Å². The number of hydrogen-bond acceptors (Lipinski definition) is 3. The Hall–Kier alpha value is -0.900. The van der Waals surface area contributed by atoms with Crippen molar-refractivity contribution in [3.8, 4) is 0 Å². The van der Waals surface area contributed by atoms with Gasteiger partial charge in [-0.25, -0.2) is 4.98 Å². The zero-order valence-electron chi connectivity index (χ0n) is 6.99. The van der Waals surface area contributed by atoms with Gasteiger partial charge in [-0.3, -0.25) is 4.68 Å². The number of aromatic nitrogens is 3. The van der Waals surface area contributed by atoms with E-state index in [2.05, 4.69) is 10.1 Å². The predicted molar refractivity (Wildman–Crippen MR) is 42.9 cm³/mol. The van der Waals surface area contributed by atoms with Gasteiger partial charge in [-0.2, -0.15) is 5.10 Å². The molecule has 0 aromatic carbocycles. The van der Waals surface area contributed by atoms with Crippen LogP contribution >= 0.6 is 0 Å². The van der Waals surface area contributed by atoms with Crippen LogP contribution < -0.4 is 5.73 Å². The highest BCUT2D eigenvalue weighted by atomic mass is 15.3. The van der Waals surface area contributed by atoms with Crippen LogP contribution in [-0.4, -0.2) is 20.3 Å². The van der Waals surface area contributed by atoms with E-state index >= 15 is 0 Å². The lowest BCUT2D eigenvalue weighted by atomic mass is 10.0. The molecule has 4 heteroatoms. The zero-order valence-corrected chi connectivity index (χ0v) is 6.99. The van der Waals surface area contributed by atoms with Gasteiger partial charge in [0, 0.05) is 12.1 Å². The fourth-order valence-electron chi connectivity index (χ4n) is 0.751. The maximum Gasteiger partial charge on any atom is 0.137 e. The van der Waals surface area contributed by atoms with Crippen LogP contribution in [0.2, 0.25) is 0 Å². The van der Waals surface area contributed by atoms with Crippen molar-refractivity contribution in [1.82, 2.24) is 14.8 Å². The van der Waals surface area contributed by atoms with Crippen LogP contribution in [0.1, 0.15) is 20.3 Å². The molecule has 0 radical (unpaired) electrons. The Labute approximate surface area is 66.4 Å². The van der Waals surface area contributed by atoms with Gasteiger partial charge in [0.2, 0.25) is 0 Å². The summed E-state index contributed by atoms with van der Waals surface area (Å²) in [6, 6.07) is 0. The summed E-state index contributed by atoms with van der Waals surface area (Å²) < 4.78 is 1.79. The molecule has 0 fully saturated rings. The minimum Gasteiger partial charge on any atom is -0.325 e. The number of rotatable bonds is 3. The fraction of sp³-hybridized carbons (Fsp3) is 0.714. The normalized spacial score (nSPS) is 11.9. The largest absolute Gasteiger partial charge is 0.325 e. The molecule has 1 rings (SSSR count). The molecule has 0 atom stereocenters. The second kappa shape index (κ2) is 3.00. The minimum atomic E-state index is -0.119. The van der Waals surface area contributed by atoms with Crippen LogP contribution in [0.3, 0.4) is 0 Å². The van der Waals surface area contributed by atoms with Crippen molar-refractivity contribution in [2.75, 3.05) is 0 Å². The van der Waals surface area contributed by atoms with E-state index in [0.29, 0.717) is 0 Å². The van der Waals surface area contributed by atoms with Crippen molar-refractivity contribution >= 4 is 0 Å². The minimum absolute atomic E-state index is 0.119. The first-order valence-electron chi connectivity index (χ1n) is 3.69. The van der Waals surface area contributed by atoms with E-state index in [1.807, 2.05) is 13.8 Å². The fourth-order valence-corrected chi connectivity index (χ4v) is 0.751. The molecule has 1 heterocycles. The Bertz CT molecular complexity index is 197. The Morgan fingerprint density at radius 1 is 1.55 bits per heavy atom. The first-order valence-corrected chi connectivity index (χ1v) is 3.69.